The summed E-state index contributed by atoms with van der Waals surface area (Å²) >= 11 is 0. The standard InChI is InChI=1S/C25H25NO5/c1-4-26(5-2)24(28)23(20-9-7-6-8-10-20)31-25(29)22-16-15-21(30-22)19-13-11-18(12-14-19)17(3)27/h6-16,23H,4-5H2,1-3H3/t23-/m0/s1. The topological polar surface area (TPSA) is 76.8 Å². The molecule has 0 bridgehead atoms. The number of ether oxygens (including phenoxy) is 1. The van der Waals surface area contributed by atoms with Crippen molar-refractivity contribution in [1.29, 1.82) is 0 Å². The van der Waals surface area contributed by atoms with Gasteiger partial charge in [0.25, 0.3) is 5.91 Å². The summed E-state index contributed by atoms with van der Waals surface area (Å²) in [4.78, 5) is 38.8. The second-order valence-corrected chi connectivity index (χ2v) is 7.00. The van der Waals surface area contributed by atoms with Gasteiger partial charge < -0.3 is 14.1 Å². The number of carbonyl (C=O) groups excluding carboxylic acids is 3. The van der Waals surface area contributed by atoms with E-state index in [1.807, 2.05) is 19.9 Å². The van der Waals surface area contributed by atoms with Crippen LogP contribution in [-0.4, -0.2) is 35.6 Å². The van der Waals surface area contributed by atoms with Gasteiger partial charge in [-0.1, -0.05) is 54.6 Å². The first-order chi connectivity index (χ1) is 14.9. The third-order valence-corrected chi connectivity index (χ3v) is 5.01. The lowest BCUT2D eigenvalue weighted by molar-refractivity contribution is -0.140. The molecule has 0 spiro atoms. The molecule has 0 aliphatic carbocycles. The molecule has 3 aromatic rings. The Hall–Kier alpha value is -3.67. The molecule has 0 saturated heterocycles. The number of nitrogens with zero attached hydrogens (tertiary/aromatic N) is 1. The van der Waals surface area contributed by atoms with Crippen LogP contribution in [0.2, 0.25) is 0 Å². The van der Waals surface area contributed by atoms with E-state index in [-0.39, 0.29) is 17.5 Å². The Balaban J connectivity index is 1.82. The first kappa shape index (κ1) is 22.0. The summed E-state index contributed by atoms with van der Waals surface area (Å²) in [6.45, 7) is 6.27. The highest BCUT2D eigenvalue weighted by molar-refractivity contribution is 5.94. The number of amides is 1. The highest BCUT2D eigenvalue weighted by Gasteiger charge is 2.29. The minimum absolute atomic E-state index is 0.000998. The van der Waals surface area contributed by atoms with Crippen molar-refractivity contribution in [2.75, 3.05) is 13.1 Å². The Morgan fingerprint density at radius 3 is 2.13 bits per heavy atom. The van der Waals surface area contributed by atoms with Gasteiger partial charge in [0.2, 0.25) is 11.9 Å². The predicted molar refractivity (Wildman–Crippen MR) is 117 cm³/mol. The van der Waals surface area contributed by atoms with Crippen LogP contribution in [-0.2, 0) is 9.53 Å². The predicted octanol–water partition coefficient (Wildman–Crippen LogP) is 4.92. The lowest BCUT2D eigenvalue weighted by Crippen LogP contribution is -2.36. The number of benzene rings is 2. The zero-order chi connectivity index (χ0) is 22.4. The molecule has 6 nitrogen and oxygen atoms in total. The van der Waals surface area contributed by atoms with Gasteiger partial charge in [0.1, 0.15) is 5.76 Å². The zero-order valence-electron chi connectivity index (χ0n) is 17.8. The Morgan fingerprint density at radius 1 is 0.903 bits per heavy atom. The Labute approximate surface area is 181 Å². The fraction of sp³-hybridized carbons (Fsp3) is 0.240. The molecule has 2 aromatic carbocycles. The van der Waals surface area contributed by atoms with Crippen molar-refractivity contribution in [3.63, 3.8) is 0 Å². The fourth-order valence-electron chi connectivity index (χ4n) is 3.23. The van der Waals surface area contributed by atoms with Crippen LogP contribution in [0.15, 0.2) is 71.1 Å². The van der Waals surface area contributed by atoms with Crippen molar-refractivity contribution in [3.05, 3.63) is 83.6 Å². The van der Waals surface area contributed by atoms with E-state index >= 15 is 0 Å². The van der Waals surface area contributed by atoms with Crippen molar-refractivity contribution < 1.29 is 23.5 Å². The maximum absolute atomic E-state index is 13.0. The highest BCUT2D eigenvalue weighted by Crippen LogP contribution is 2.26. The molecule has 1 atom stereocenters. The van der Waals surface area contributed by atoms with E-state index in [9.17, 15) is 14.4 Å². The lowest BCUT2D eigenvalue weighted by Gasteiger charge is -2.25. The third-order valence-electron chi connectivity index (χ3n) is 5.01. The van der Waals surface area contributed by atoms with Gasteiger partial charge in [-0.25, -0.2) is 4.79 Å². The molecule has 1 heterocycles. The van der Waals surface area contributed by atoms with Gasteiger partial charge in [-0.05, 0) is 32.9 Å². The van der Waals surface area contributed by atoms with E-state index in [1.165, 1.54) is 13.0 Å². The molecule has 6 heteroatoms. The largest absolute Gasteiger partial charge is 0.449 e. The van der Waals surface area contributed by atoms with Crippen LogP contribution in [0.5, 0.6) is 0 Å². The summed E-state index contributed by atoms with van der Waals surface area (Å²) in [7, 11) is 0. The number of Topliss-reactive ketones (excluding diaryl/α,β-unsaturated/α-hetero) is 1. The Morgan fingerprint density at radius 2 is 1.55 bits per heavy atom. The summed E-state index contributed by atoms with van der Waals surface area (Å²) in [5.74, 6) is -0.565. The van der Waals surface area contributed by atoms with Gasteiger partial charge in [-0.2, -0.15) is 0 Å². The highest BCUT2D eigenvalue weighted by atomic mass is 16.6. The van der Waals surface area contributed by atoms with Gasteiger partial charge in [0.15, 0.2) is 5.78 Å². The number of hydrogen-bond donors (Lipinski definition) is 0. The number of likely N-dealkylation sites (N-methyl/N-ethyl adjacent to an activating group) is 1. The number of carbonyl (C=O) groups is 3. The molecule has 0 fully saturated rings. The van der Waals surface area contributed by atoms with E-state index < -0.39 is 12.1 Å². The molecular formula is C25H25NO5. The molecule has 0 N–H and O–H groups in total. The van der Waals surface area contributed by atoms with Crippen molar-refractivity contribution in [3.8, 4) is 11.3 Å². The molecule has 0 aliphatic heterocycles. The Kier molecular flexibility index (Phi) is 7.03. The van der Waals surface area contributed by atoms with E-state index in [4.69, 9.17) is 9.15 Å². The van der Waals surface area contributed by atoms with Crippen LogP contribution >= 0.6 is 0 Å². The minimum atomic E-state index is -1.06. The van der Waals surface area contributed by atoms with Gasteiger partial charge in [0.05, 0.1) is 0 Å². The zero-order valence-corrected chi connectivity index (χ0v) is 17.8. The Bertz CT molecular complexity index is 1050. The second-order valence-electron chi connectivity index (χ2n) is 7.00. The van der Waals surface area contributed by atoms with Gasteiger partial charge >= 0.3 is 5.97 Å². The average molecular weight is 419 g/mol. The number of ketones is 1. The monoisotopic (exact) mass is 419 g/mol. The van der Waals surface area contributed by atoms with Crippen molar-refractivity contribution >= 4 is 17.7 Å². The first-order valence-corrected chi connectivity index (χ1v) is 10.2. The summed E-state index contributed by atoms with van der Waals surface area (Å²) in [6, 6.07) is 19.0. The van der Waals surface area contributed by atoms with E-state index in [0.29, 0.717) is 30.0 Å². The van der Waals surface area contributed by atoms with E-state index in [1.54, 1.807) is 59.5 Å². The van der Waals surface area contributed by atoms with Crippen LogP contribution in [0, 0.1) is 0 Å². The van der Waals surface area contributed by atoms with Crippen molar-refractivity contribution in [2.24, 2.45) is 0 Å². The van der Waals surface area contributed by atoms with Gasteiger partial charge in [-0.3, -0.25) is 9.59 Å². The van der Waals surface area contributed by atoms with Gasteiger partial charge in [0, 0.05) is 29.8 Å². The number of hydrogen-bond acceptors (Lipinski definition) is 5. The molecule has 0 aliphatic rings. The summed E-state index contributed by atoms with van der Waals surface area (Å²) in [5, 5.41) is 0. The summed E-state index contributed by atoms with van der Waals surface area (Å²) < 4.78 is 11.3. The van der Waals surface area contributed by atoms with Crippen LogP contribution in [0.25, 0.3) is 11.3 Å². The van der Waals surface area contributed by atoms with Crippen molar-refractivity contribution in [2.45, 2.75) is 26.9 Å². The molecule has 1 aromatic heterocycles. The van der Waals surface area contributed by atoms with Crippen molar-refractivity contribution in [1.82, 2.24) is 4.90 Å². The normalized spacial score (nSPS) is 11.6. The molecule has 0 saturated carbocycles. The number of furan rings is 1. The van der Waals surface area contributed by atoms with E-state index in [0.717, 1.165) is 5.56 Å². The molecule has 1 amide bonds. The second kappa shape index (κ2) is 9.89. The first-order valence-electron chi connectivity index (χ1n) is 10.2. The van der Waals surface area contributed by atoms with E-state index in [2.05, 4.69) is 0 Å². The molecule has 0 radical (unpaired) electrons. The summed E-state index contributed by atoms with van der Waals surface area (Å²) in [6.07, 6.45) is -1.06. The molecular weight excluding hydrogens is 394 g/mol. The number of rotatable bonds is 8. The fourth-order valence-corrected chi connectivity index (χ4v) is 3.23. The van der Waals surface area contributed by atoms with Crippen LogP contribution in [0.4, 0.5) is 0 Å². The maximum Gasteiger partial charge on any atom is 0.375 e. The van der Waals surface area contributed by atoms with Crippen LogP contribution < -0.4 is 0 Å². The maximum atomic E-state index is 13.0. The van der Waals surface area contributed by atoms with Crippen LogP contribution in [0.3, 0.4) is 0 Å². The quantitative estimate of drug-likeness (QED) is 0.383. The lowest BCUT2D eigenvalue weighted by atomic mass is 10.1. The molecule has 3 rings (SSSR count). The molecule has 160 valence electrons. The number of esters is 1. The van der Waals surface area contributed by atoms with Crippen LogP contribution in [0.1, 0.15) is 53.4 Å². The smallest absolute Gasteiger partial charge is 0.375 e. The van der Waals surface area contributed by atoms with Gasteiger partial charge in [-0.15, -0.1) is 0 Å². The third kappa shape index (κ3) is 5.09. The molecule has 0 unspecified atom stereocenters. The summed E-state index contributed by atoms with van der Waals surface area (Å²) in [5.41, 5.74) is 1.91. The minimum Gasteiger partial charge on any atom is -0.449 e. The average Bonchev–Trinajstić information content (AvgIpc) is 3.29. The SMILES string of the molecule is CCN(CC)C(=O)[C@@H](OC(=O)c1ccc(-c2ccc(C(C)=O)cc2)o1)c1ccccc1. The molecule has 31 heavy (non-hydrogen) atoms.